The smallest absolute Gasteiger partial charge is 0.175 e. The van der Waals surface area contributed by atoms with Gasteiger partial charge < -0.3 is 4.98 Å². The zero-order chi connectivity index (χ0) is 11.5. The second-order valence-corrected chi connectivity index (χ2v) is 3.87. The lowest BCUT2D eigenvalue weighted by atomic mass is 10.1. The number of rotatable bonds is 3. The van der Waals surface area contributed by atoms with Crippen molar-refractivity contribution in [3.63, 3.8) is 0 Å². The first-order valence-electron chi connectivity index (χ1n) is 5.52. The predicted octanol–water partition coefficient (Wildman–Crippen LogP) is 1.94. The average Bonchev–Trinajstić information content (AvgIpc) is 2.86. The molecule has 0 aliphatic heterocycles. The maximum absolute atomic E-state index is 4.20. The van der Waals surface area contributed by atoms with E-state index in [0.717, 1.165) is 24.0 Å². The number of hydrogen-bond acceptors (Lipinski definition) is 3. The van der Waals surface area contributed by atoms with Crippen LogP contribution in [0.4, 0.5) is 0 Å². The van der Waals surface area contributed by atoms with E-state index in [1.165, 1.54) is 11.1 Å². The summed E-state index contributed by atoms with van der Waals surface area (Å²) in [5.74, 6) is 0. The van der Waals surface area contributed by atoms with E-state index in [4.69, 9.17) is 0 Å². The Morgan fingerprint density at radius 3 is 2.82 bits per heavy atom. The normalized spacial score (nSPS) is 10.8. The minimum absolute atomic E-state index is 0.803. The van der Waals surface area contributed by atoms with Crippen molar-refractivity contribution in [1.29, 1.82) is 0 Å². The third-order valence-electron chi connectivity index (χ3n) is 2.78. The second kappa shape index (κ2) is 4.33. The number of hydrogen-bond donors (Lipinski definition) is 1. The van der Waals surface area contributed by atoms with Gasteiger partial charge in [0, 0.05) is 18.6 Å². The standard InChI is InChI=1S/C13H11N4/c1(10-3-6-14-7-4-10)2-11-5-8-15-13-12(11)16-9-17-13/h3-8H,1-2H2,(H,15,16,17). The van der Waals surface area contributed by atoms with E-state index in [2.05, 4.69) is 26.3 Å². The molecule has 3 aromatic heterocycles. The Balaban J connectivity index is 1.84. The molecule has 1 N–H and O–H groups in total. The average molecular weight is 223 g/mol. The number of nitrogens with one attached hydrogen (secondary N) is 1. The molecule has 0 bridgehead atoms. The monoisotopic (exact) mass is 223 g/mol. The molecule has 3 rings (SSSR count). The molecule has 0 saturated carbocycles. The van der Waals surface area contributed by atoms with E-state index in [9.17, 15) is 0 Å². The summed E-state index contributed by atoms with van der Waals surface area (Å²) in [7, 11) is 0. The SMILES string of the molecule is [c]1nc2c(CCc3ccncc3)ccnc2[nH]1. The molecular weight excluding hydrogens is 212 g/mol. The molecule has 0 amide bonds. The van der Waals surface area contributed by atoms with Gasteiger partial charge in [0.15, 0.2) is 12.0 Å². The van der Waals surface area contributed by atoms with Gasteiger partial charge >= 0.3 is 0 Å². The summed E-state index contributed by atoms with van der Waals surface area (Å²) in [4.78, 5) is 15.3. The van der Waals surface area contributed by atoms with Gasteiger partial charge in [-0.05, 0) is 42.2 Å². The third kappa shape index (κ3) is 2.01. The molecule has 4 nitrogen and oxygen atoms in total. The Morgan fingerprint density at radius 2 is 1.94 bits per heavy atom. The van der Waals surface area contributed by atoms with E-state index in [1.54, 1.807) is 6.20 Å². The minimum atomic E-state index is 0.803. The zero-order valence-electron chi connectivity index (χ0n) is 9.22. The predicted molar refractivity (Wildman–Crippen MR) is 64.4 cm³/mol. The number of nitrogens with zero attached hydrogens (tertiary/aromatic N) is 3. The summed E-state index contributed by atoms with van der Waals surface area (Å²) in [6.07, 6.45) is 10.1. The summed E-state index contributed by atoms with van der Waals surface area (Å²) >= 11 is 0. The molecule has 0 spiro atoms. The van der Waals surface area contributed by atoms with E-state index >= 15 is 0 Å². The molecule has 83 valence electrons. The van der Waals surface area contributed by atoms with Crippen LogP contribution in [0.3, 0.4) is 0 Å². The highest BCUT2D eigenvalue weighted by Crippen LogP contribution is 2.14. The van der Waals surface area contributed by atoms with Gasteiger partial charge in [0.05, 0.1) is 0 Å². The fraction of sp³-hybridized carbons (Fsp3) is 0.154. The maximum atomic E-state index is 4.20. The number of imidazole rings is 1. The molecule has 17 heavy (non-hydrogen) atoms. The molecule has 1 radical (unpaired) electrons. The lowest BCUT2D eigenvalue weighted by molar-refractivity contribution is 0.958. The Morgan fingerprint density at radius 1 is 1.06 bits per heavy atom. The van der Waals surface area contributed by atoms with Gasteiger partial charge in [0.2, 0.25) is 0 Å². The van der Waals surface area contributed by atoms with Gasteiger partial charge in [-0.3, -0.25) is 4.98 Å². The highest BCUT2D eigenvalue weighted by atomic mass is 14.9. The van der Waals surface area contributed by atoms with Crippen molar-refractivity contribution < 1.29 is 0 Å². The van der Waals surface area contributed by atoms with E-state index < -0.39 is 0 Å². The van der Waals surface area contributed by atoms with Gasteiger partial charge in [-0.2, -0.15) is 0 Å². The molecule has 0 aromatic carbocycles. The Kier molecular flexibility index (Phi) is 2.54. The number of aromatic nitrogens is 4. The van der Waals surface area contributed by atoms with E-state index in [0.29, 0.717) is 0 Å². The van der Waals surface area contributed by atoms with Crippen molar-refractivity contribution in [2.75, 3.05) is 0 Å². The highest BCUT2D eigenvalue weighted by Gasteiger charge is 2.04. The topological polar surface area (TPSA) is 54.5 Å². The first-order valence-corrected chi connectivity index (χ1v) is 5.52. The van der Waals surface area contributed by atoms with Crippen molar-refractivity contribution in [3.8, 4) is 0 Å². The van der Waals surface area contributed by atoms with Crippen LogP contribution in [-0.4, -0.2) is 19.9 Å². The molecule has 3 aromatic rings. The lowest BCUT2D eigenvalue weighted by Gasteiger charge is -2.02. The maximum Gasteiger partial charge on any atom is 0.175 e. The largest absolute Gasteiger partial charge is 0.320 e. The van der Waals surface area contributed by atoms with Crippen molar-refractivity contribution in [2.45, 2.75) is 12.8 Å². The Bertz CT molecular complexity index is 615. The van der Waals surface area contributed by atoms with Gasteiger partial charge in [0.1, 0.15) is 5.52 Å². The first kappa shape index (κ1) is 9.96. The van der Waals surface area contributed by atoms with Gasteiger partial charge in [-0.25, -0.2) is 9.97 Å². The Hall–Kier alpha value is -2.23. The number of pyridine rings is 2. The number of fused-ring (bicyclic) bond motifs is 1. The van der Waals surface area contributed by atoms with Crippen LogP contribution in [0.25, 0.3) is 11.2 Å². The Labute approximate surface area is 98.8 Å². The van der Waals surface area contributed by atoms with Crippen LogP contribution < -0.4 is 0 Å². The van der Waals surface area contributed by atoms with Crippen LogP contribution in [-0.2, 0) is 12.8 Å². The molecule has 0 aliphatic carbocycles. The van der Waals surface area contributed by atoms with Gasteiger partial charge in [-0.15, -0.1) is 0 Å². The van der Waals surface area contributed by atoms with Crippen molar-refractivity contribution >= 4 is 11.2 Å². The first-order chi connectivity index (χ1) is 8.43. The van der Waals surface area contributed by atoms with Crippen molar-refractivity contribution in [1.82, 2.24) is 19.9 Å². The lowest BCUT2D eigenvalue weighted by Crippen LogP contribution is -1.93. The summed E-state index contributed by atoms with van der Waals surface area (Å²) in [6, 6.07) is 6.09. The van der Waals surface area contributed by atoms with Crippen LogP contribution in [0.15, 0.2) is 36.8 Å². The van der Waals surface area contributed by atoms with E-state index in [-0.39, 0.29) is 0 Å². The van der Waals surface area contributed by atoms with Crippen LogP contribution in [0.5, 0.6) is 0 Å². The summed E-state index contributed by atoms with van der Waals surface area (Å²) in [5.41, 5.74) is 4.20. The molecule has 3 heterocycles. The van der Waals surface area contributed by atoms with Gasteiger partial charge in [-0.1, -0.05) is 0 Å². The number of H-pyrrole nitrogens is 1. The van der Waals surface area contributed by atoms with Crippen LogP contribution in [0, 0.1) is 6.33 Å². The summed E-state index contributed by atoms with van der Waals surface area (Å²) in [5, 5.41) is 0. The number of aryl methyl sites for hydroxylation is 2. The molecular formula is C13H11N4. The van der Waals surface area contributed by atoms with Crippen molar-refractivity contribution in [3.05, 3.63) is 54.2 Å². The molecule has 0 saturated heterocycles. The quantitative estimate of drug-likeness (QED) is 0.738. The molecule has 4 heteroatoms. The van der Waals surface area contributed by atoms with Crippen LogP contribution in [0.1, 0.15) is 11.1 Å². The highest BCUT2D eigenvalue weighted by molar-refractivity contribution is 5.73. The van der Waals surface area contributed by atoms with Crippen molar-refractivity contribution in [2.24, 2.45) is 0 Å². The van der Waals surface area contributed by atoms with E-state index in [1.807, 2.05) is 30.6 Å². The molecule has 0 fully saturated rings. The summed E-state index contributed by atoms with van der Waals surface area (Å²) in [6.45, 7) is 0. The molecule has 0 atom stereocenters. The summed E-state index contributed by atoms with van der Waals surface area (Å²) < 4.78 is 0. The van der Waals surface area contributed by atoms with Gasteiger partial charge in [0.25, 0.3) is 0 Å². The van der Waals surface area contributed by atoms with Crippen LogP contribution in [0.2, 0.25) is 0 Å². The third-order valence-corrected chi connectivity index (χ3v) is 2.78. The number of aromatic amines is 1. The molecule has 0 aliphatic rings. The van der Waals surface area contributed by atoms with Crippen LogP contribution >= 0.6 is 0 Å². The fourth-order valence-corrected chi connectivity index (χ4v) is 1.88. The second-order valence-electron chi connectivity index (χ2n) is 3.87. The molecule has 0 unspecified atom stereocenters. The fourth-order valence-electron chi connectivity index (χ4n) is 1.88. The minimum Gasteiger partial charge on any atom is -0.320 e. The zero-order valence-corrected chi connectivity index (χ0v) is 9.22.